The van der Waals surface area contributed by atoms with Gasteiger partial charge in [0.2, 0.25) is 5.91 Å². The lowest BCUT2D eigenvalue weighted by atomic mass is 9.98. The van der Waals surface area contributed by atoms with Gasteiger partial charge < -0.3 is 15.2 Å². The van der Waals surface area contributed by atoms with E-state index in [4.69, 9.17) is 0 Å². The molecule has 2 N–H and O–H groups in total. The van der Waals surface area contributed by atoms with Crippen LogP contribution in [0.25, 0.3) is 11.0 Å². The number of aromatic amines is 1. The summed E-state index contributed by atoms with van der Waals surface area (Å²) in [6.07, 6.45) is 3.05. The third-order valence-electron chi connectivity index (χ3n) is 4.72. The molecule has 1 aromatic carbocycles. The van der Waals surface area contributed by atoms with Crippen molar-refractivity contribution >= 4 is 16.9 Å². The van der Waals surface area contributed by atoms with Crippen molar-refractivity contribution < 1.29 is 9.18 Å². The topological polar surface area (TPSA) is 61.0 Å². The van der Waals surface area contributed by atoms with Crippen LogP contribution in [0, 0.1) is 11.7 Å². The number of carbonyl (C=O) groups is 1. The number of nitrogens with one attached hydrogen (secondary N) is 2. The second kappa shape index (κ2) is 7.30. The second-order valence-electron chi connectivity index (χ2n) is 6.71. The van der Waals surface area contributed by atoms with E-state index in [0.29, 0.717) is 5.92 Å². The number of likely N-dealkylation sites (tertiary alicyclic amines) is 1. The van der Waals surface area contributed by atoms with E-state index >= 15 is 0 Å². The summed E-state index contributed by atoms with van der Waals surface area (Å²) in [4.78, 5) is 21.5. The van der Waals surface area contributed by atoms with E-state index in [1.807, 2.05) is 0 Å². The normalized spacial score (nSPS) is 21.5. The molecule has 3 rings (SSSR count). The van der Waals surface area contributed by atoms with Gasteiger partial charge in [0.05, 0.1) is 11.0 Å². The maximum atomic E-state index is 13.2. The van der Waals surface area contributed by atoms with Crippen molar-refractivity contribution in [3.63, 3.8) is 0 Å². The molecule has 1 aliphatic heterocycles. The molecule has 130 valence electrons. The van der Waals surface area contributed by atoms with E-state index in [1.54, 1.807) is 13.0 Å². The number of fused-ring (bicyclic) bond motifs is 1. The highest BCUT2D eigenvalue weighted by molar-refractivity contribution is 5.75. The Bertz CT molecular complexity index is 714. The Labute approximate surface area is 141 Å². The van der Waals surface area contributed by atoms with Crippen molar-refractivity contribution in [1.82, 2.24) is 20.2 Å². The zero-order valence-electron chi connectivity index (χ0n) is 14.3. The quantitative estimate of drug-likeness (QED) is 0.854. The van der Waals surface area contributed by atoms with Crippen molar-refractivity contribution in [2.45, 2.75) is 39.2 Å². The summed E-state index contributed by atoms with van der Waals surface area (Å²) >= 11 is 0. The molecular formula is C18H25FN4O. The Morgan fingerprint density at radius 2 is 2.29 bits per heavy atom. The van der Waals surface area contributed by atoms with Gasteiger partial charge in [-0.1, -0.05) is 13.3 Å². The predicted octanol–water partition coefficient (Wildman–Crippen LogP) is 2.48. The summed E-state index contributed by atoms with van der Waals surface area (Å²) < 4.78 is 13.2. The molecule has 0 bridgehead atoms. The Morgan fingerprint density at radius 1 is 1.46 bits per heavy atom. The van der Waals surface area contributed by atoms with Crippen LogP contribution in [0.4, 0.5) is 4.39 Å². The van der Waals surface area contributed by atoms with Crippen molar-refractivity contribution in [2.75, 3.05) is 19.6 Å². The Balaban J connectivity index is 1.60. The van der Waals surface area contributed by atoms with Gasteiger partial charge in [-0.25, -0.2) is 9.37 Å². The van der Waals surface area contributed by atoms with Crippen LogP contribution in [-0.4, -0.2) is 46.5 Å². The average molecular weight is 332 g/mol. The number of imidazole rings is 1. The van der Waals surface area contributed by atoms with Gasteiger partial charge in [-0.2, -0.15) is 0 Å². The monoisotopic (exact) mass is 332 g/mol. The van der Waals surface area contributed by atoms with Crippen molar-refractivity contribution in [2.24, 2.45) is 5.92 Å². The molecule has 24 heavy (non-hydrogen) atoms. The van der Waals surface area contributed by atoms with Crippen LogP contribution in [0.1, 0.15) is 32.5 Å². The highest BCUT2D eigenvalue weighted by Crippen LogP contribution is 2.22. The minimum atomic E-state index is -0.252. The van der Waals surface area contributed by atoms with Gasteiger partial charge in [0.1, 0.15) is 11.6 Å². The summed E-state index contributed by atoms with van der Waals surface area (Å²) in [6.45, 7) is 6.55. The summed E-state index contributed by atoms with van der Waals surface area (Å²) in [5, 5.41) is 3.09. The van der Waals surface area contributed by atoms with E-state index in [1.165, 1.54) is 12.1 Å². The van der Waals surface area contributed by atoms with Gasteiger partial charge in [-0.05, 0) is 30.5 Å². The summed E-state index contributed by atoms with van der Waals surface area (Å²) in [5.74, 6) is 1.19. The van der Waals surface area contributed by atoms with Crippen molar-refractivity contribution in [3.05, 3.63) is 29.8 Å². The number of H-pyrrole nitrogens is 1. The molecule has 1 aromatic heterocycles. The molecule has 0 spiro atoms. The number of aromatic nitrogens is 2. The molecule has 2 heterocycles. The lowest BCUT2D eigenvalue weighted by Gasteiger charge is -2.18. The zero-order chi connectivity index (χ0) is 17.1. The fourth-order valence-electron chi connectivity index (χ4n) is 3.65. The highest BCUT2D eigenvalue weighted by Gasteiger charge is 2.32. The van der Waals surface area contributed by atoms with Gasteiger partial charge in [-0.15, -0.1) is 0 Å². The molecule has 2 atom stereocenters. The van der Waals surface area contributed by atoms with Gasteiger partial charge >= 0.3 is 0 Å². The average Bonchev–Trinajstić information content (AvgIpc) is 3.08. The van der Waals surface area contributed by atoms with Crippen LogP contribution >= 0.6 is 0 Å². The number of hydrogen-bond donors (Lipinski definition) is 2. The third kappa shape index (κ3) is 3.93. The van der Waals surface area contributed by atoms with E-state index in [-0.39, 0.29) is 17.8 Å². The SMILES string of the molecule is CCC[C@@H]1CN(CCc2nc3ccc(F)cc3[nH]2)C[C@H]1NC(C)=O. The van der Waals surface area contributed by atoms with E-state index < -0.39 is 0 Å². The number of carbonyl (C=O) groups excluding carboxylic acids is 1. The minimum absolute atomic E-state index is 0.0438. The largest absolute Gasteiger partial charge is 0.352 e. The van der Waals surface area contributed by atoms with E-state index in [0.717, 1.165) is 55.8 Å². The zero-order valence-corrected chi connectivity index (χ0v) is 14.3. The number of halogens is 1. The molecular weight excluding hydrogens is 307 g/mol. The summed E-state index contributed by atoms with van der Waals surface area (Å²) in [5.41, 5.74) is 1.54. The maximum Gasteiger partial charge on any atom is 0.217 e. The summed E-state index contributed by atoms with van der Waals surface area (Å²) in [7, 11) is 0. The molecule has 6 heteroatoms. The first-order chi connectivity index (χ1) is 11.5. The number of nitrogens with zero attached hydrogens (tertiary/aromatic N) is 2. The second-order valence-corrected chi connectivity index (χ2v) is 6.71. The van der Waals surface area contributed by atoms with E-state index in [2.05, 4.69) is 27.1 Å². The Morgan fingerprint density at radius 3 is 3.04 bits per heavy atom. The lowest BCUT2D eigenvalue weighted by molar-refractivity contribution is -0.119. The lowest BCUT2D eigenvalue weighted by Crippen LogP contribution is -2.39. The van der Waals surface area contributed by atoms with Crippen molar-refractivity contribution in [3.8, 4) is 0 Å². The molecule has 2 aromatic rings. The molecule has 0 unspecified atom stereocenters. The molecule has 1 saturated heterocycles. The van der Waals surface area contributed by atoms with Crippen molar-refractivity contribution in [1.29, 1.82) is 0 Å². The maximum absolute atomic E-state index is 13.2. The van der Waals surface area contributed by atoms with Crippen LogP contribution in [0.2, 0.25) is 0 Å². The first kappa shape index (κ1) is 16.9. The minimum Gasteiger partial charge on any atom is -0.352 e. The fraction of sp³-hybridized carbons (Fsp3) is 0.556. The van der Waals surface area contributed by atoms with E-state index in [9.17, 15) is 9.18 Å². The number of hydrogen-bond acceptors (Lipinski definition) is 3. The molecule has 1 fully saturated rings. The predicted molar refractivity (Wildman–Crippen MR) is 92.2 cm³/mol. The third-order valence-corrected chi connectivity index (χ3v) is 4.72. The number of benzene rings is 1. The number of rotatable bonds is 6. The smallest absolute Gasteiger partial charge is 0.217 e. The van der Waals surface area contributed by atoms with Gasteiger partial charge in [0.15, 0.2) is 0 Å². The first-order valence-electron chi connectivity index (χ1n) is 8.68. The highest BCUT2D eigenvalue weighted by atomic mass is 19.1. The van der Waals surface area contributed by atoms with Gasteiger partial charge in [-0.3, -0.25) is 4.79 Å². The van der Waals surface area contributed by atoms with Gasteiger partial charge in [0.25, 0.3) is 0 Å². The Kier molecular flexibility index (Phi) is 5.14. The molecule has 0 radical (unpaired) electrons. The van der Waals surface area contributed by atoms with Crippen LogP contribution in [0.3, 0.4) is 0 Å². The van der Waals surface area contributed by atoms with Crippen LogP contribution in [0.15, 0.2) is 18.2 Å². The van der Waals surface area contributed by atoms with Crippen LogP contribution in [-0.2, 0) is 11.2 Å². The number of amides is 1. The van der Waals surface area contributed by atoms with Gasteiger partial charge in [0, 0.05) is 39.0 Å². The molecule has 0 aliphatic carbocycles. The summed E-state index contributed by atoms with van der Waals surface area (Å²) in [6, 6.07) is 4.85. The molecule has 5 nitrogen and oxygen atoms in total. The molecule has 0 saturated carbocycles. The van der Waals surface area contributed by atoms with Crippen LogP contribution in [0.5, 0.6) is 0 Å². The van der Waals surface area contributed by atoms with Crippen LogP contribution < -0.4 is 5.32 Å². The molecule has 1 aliphatic rings. The first-order valence-corrected chi connectivity index (χ1v) is 8.68. The Hall–Kier alpha value is -1.95. The molecule has 1 amide bonds. The standard InChI is InChI=1S/C18H25FN4O/c1-3-4-13-10-23(11-17(13)20-12(2)24)8-7-18-21-15-6-5-14(19)9-16(15)22-18/h5-6,9,13,17H,3-4,7-8,10-11H2,1-2H3,(H,20,24)(H,21,22)/t13-,17-/m1/s1. The fourth-order valence-corrected chi connectivity index (χ4v) is 3.65.